The van der Waals surface area contributed by atoms with Gasteiger partial charge in [0.05, 0.1) is 5.56 Å². The summed E-state index contributed by atoms with van der Waals surface area (Å²) in [7, 11) is 0. The van der Waals surface area contributed by atoms with Crippen molar-refractivity contribution in [1.82, 2.24) is 5.32 Å². The van der Waals surface area contributed by atoms with E-state index in [1.54, 1.807) is 0 Å². The average molecular weight is 508 g/mol. The molecule has 170 valence electrons. The predicted octanol–water partition coefficient (Wildman–Crippen LogP) is 6.85. The third kappa shape index (κ3) is 4.01. The van der Waals surface area contributed by atoms with Gasteiger partial charge in [0.15, 0.2) is 0 Å². The number of benzene rings is 3. The van der Waals surface area contributed by atoms with Crippen molar-refractivity contribution in [1.29, 1.82) is 0 Å². The molecule has 0 heterocycles. The molecule has 6 rings (SSSR count). The maximum Gasteiger partial charge on any atom is 0.506 e. The number of carboxylic acid groups (broad SMARTS) is 1. The van der Waals surface area contributed by atoms with Crippen molar-refractivity contribution in [3.8, 4) is 11.1 Å². The minimum Gasteiger partial charge on any atom is -0.450 e. The lowest BCUT2D eigenvalue weighted by Gasteiger charge is -2.52. The molecule has 0 spiro atoms. The molecule has 1 amide bonds. The number of carbonyl (C=O) groups is 2. The molecule has 2 bridgehead atoms. The first-order chi connectivity index (χ1) is 15.8. The molecular weight excluding hydrogens is 482 g/mol. The molecule has 0 radical (unpaired) electrons. The van der Waals surface area contributed by atoms with E-state index >= 15 is 0 Å². The Balaban J connectivity index is 1.52. The summed E-state index contributed by atoms with van der Waals surface area (Å²) in [5.74, 6) is -0.0677. The van der Waals surface area contributed by atoms with E-state index < -0.39 is 11.8 Å². The van der Waals surface area contributed by atoms with Crippen molar-refractivity contribution in [3.05, 3.63) is 70.2 Å². The van der Waals surface area contributed by atoms with E-state index in [1.165, 1.54) is 0 Å². The van der Waals surface area contributed by atoms with Crippen LogP contribution in [0.5, 0.6) is 0 Å². The summed E-state index contributed by atoms with van der Waals surface area (Å²) in [5, 5.41) is 14.4. The van der Waals surface area contributed by atoms with Gasteiger partial charge in [-0.1, -0.05) is 52.3 Å². The molecule has 6 heteroatoms. The molecule has 5 nitrogen and oxygen atoms in total. The van der Waals surface area contributed by atoms with Crippen molar-refractivity contribution < 1.29 is 19.4 Å². The number of hydrogen-bond donors (Lipinski definition) is 2. The zero-order valence-corrected chi connectivity index (χ0v) is 20.1. The van der Waals surface area contributed by atoms with E-state index in [2.05, 4.69) is 39.4 Å². The maximum absolute atomic E-state index is 13.8. The molecule has 3 saturated carbocycles. The van der Waals surface area contributed by atoms with E-state index in [1.807, 2.05) is 43.3 Å². The Bertz CT molecular complexity index is 1230. The lowest BCUT2D eigenvalue weighted by atomic mass is 9.63. The van der Waals surface area contributed by atoms with Crippen LogP contribution >= 0.6 is 15.9 Å². The van der Waals surface area contributed by atoms with Crippen molar-refractivity contribution in [3.63, 3.8) is 0 Å². The van der Waals surface area contributed by atoms with Gasteiger partial charge in [0.25, 0.3) is 5.91 Å². The summed E-state index contributed by atoms with van der Waals surface area (Å²) in [6.45, 7) is 2.02. The van der Waals surface area contributed by atoms with Gasteiger partial charge in [-0.25, -0.2) is 4.79 Å². The quantitative estimate of drug-likeness (QED) is 0.378. The Hall–Kier alpha value is -2.86. The normalized spacial score (nSPS) is 23.9. The van der Waals surface area contributed by atoms with Gasteiger partial charge in [0, 0.05) is 10.0 Å². The predicted molar refractivity (Wildman–Crippen MR) is 132 cm³/mol. The van der Waals surface area contributed by atoms with Gasteiger partial charge < -0.3 is 15.2 Å². The monoisotopic (exact) mass is 507 g/mol. The SMILES string of the molecule is Cc1c(-c2ccccc2)cc2ccc(Br)cc2c1C(=O)NC12CCC(OC(=O)O)(CC1)CC2. The van der Waals surface area contributed by atoms with E-state index in [0.717, 1.165) is 51.2 Å². The number of ether oxygens (including phenoxy) is 1. The number of nitrogens with one attached hydrogen (secondary N) is 1. The fraction of sp³-hybridized carbons (Fsp3) is 0.333. The van der Waals surface area contributed by atoms with Crippen LogP contribution in [0.15, 0.2) is 59.1 Å². The van der Waals surface area contributed by atoms with Crippen LogP contribution in [0.1, 0.15) is 54.4 Å². The Morgan fingerprint density at radius 3 is 2.27 bits per heavy atom. The molecule has 3 aliphatic rings. The van der Waals surface area contributed by atoms with Gasteiger partial charge in [-0.05, 0) is 91.1 Å². The van der Waals surface area contributed by atoms with Gasteiger partial charge in [-0.15, -0.1) is 0 Å². The molecule has 3 fully saturated rings. The second-order valence-electron chi connectivity index (χ2n) is 9.44. The largest absolute Gasteiger partial charge is 0.506 e. The molecule has 2 N–H and O–H groups in total. The fourth-order valence-electron chi connectivity index (χ4n) is 5.66. The first-order valence-corrected chi connectivity index (χ1v) is 12.1. The lowest BCUT2D eigenvalue weighted by molar-refractivity contribution is -0.0930. The first-order valence-electron chi connectivity index (χ1n) is 11.3. The number of fused-ring (bicyclic) bond motifs is 4. The van der Waals surface area contributed by atoms with E-state index in [4.69, 9.17) is 9.84 Å². The second kappa shape index (κ2) is 8.17. The van der Waals surface area contributed by atoms with E-state index in [9.17, 15) is 9.59 Å². The van der Waals surface area contributed by atoms with Crippen LogP contribution in [0.2, 0.25) is 0 Å². The summed E-state index contributed by atoms with van der Waals surface area (Å²) in [6, 6.07) is 18.3. The second-order valence-corrected chi connectivity index (χ2v) is 10.4. The molecule has 3 aromatic carbocycles. The standard InChI is InChI=1S/C27H26BrNO4/c1-17-21(18-5-3-2-4-6-18)15-19-7-8-20(28)16-22(19)23(17)24(30)29-26-9-12-27(13-10-26,14-11-26)33-25(31)32/h2-8,15-16H,9-14H2,1H3,(H,29,30)(H,31,32). The first kappa shape index (κ1) is 22.0. The van der Waals surface area contributed by atoms with Crippen LogP contribution in [0.4, 0.5) is 4.79 Å². The van der Waals surface area contributed by atoms with Crippen LogP contribution in [0.3, 0.4) is 0 Å². The molecule has 0 aromatic heterocycles. The highest BCUT2D eigenvalue weighted by Crippen LogP contribution is 2.49. The van der Waals surface area contributed by atoms with Crippen LogP contribution in [-0.2, 0) is 4.74 Å². The highest BCUT2D eigenvalue weighted by atomic mass is 79.9. The third-order valence-electron chi connectivity index (χ3n) is 7.54. The number of halogens is 1. The molecule has 33 heavy (non-hydrogen) atoms. The van der Waals surface area contributed by atoms with Gasteiger partial charge >= 0.3 is 6.16 Å². The van der Waals surface area contributed by atoms with Gasteiger partial charge in [0.2, 0.25) is 0 Å². The topological polar surface area (TPSA) is 75.6 Å². The number of hydrogen-bond acceptors (Lipinski definition) is 3. The van der Waals surface area contributed by atoms with E-state index in [-0.39, 0.29) is 11.4 Å². The van der Waals surface area contributed by atoms with Gasteiger partial charge in [0.1, 0.15) is 5.60 Å². The van der Waals surface area contributed by atoms with Crippen LogP contribution in [-0.4, -0.2) is 28.3 Å². The molecule has 3 aliphatic carbocycles. The zero-order valence-electron chi connectivity index (χ0n) is 18.5. The summed E-state index contributed by atoms with van der Waals surface area (Å²) in [5.41, 5.74) is 2.89. The zero-order chi connectivity index (χ0) is 23.2. The van der Waals surface area contributed by atoms with Crippen molar-refractivity contribution in [2.75, 3.05) is 0 Å². The Morgan fingerprint density at radius 1 is 0.970 bits per heavy atom. The van der Waals surface area contributed by atoms with Crippen LogP contribution < -0.4 is 5.32 Å². The average Bonchev–Trinajstić information content (AvgIpc) is 2.80. The van der Waals surface area contributed by atoms with E-state index in [0.29, 0.717) is 24.8 Å². The summed E-state index contributed by atoms with van der Waals surface area (Å²) >= 11 is 3.56. The number of amides is 1. The Morgan fingerprint density at radius 2 is 1.64 bits per heavy atom. The van der Waals surface area contributed by atoms with Crippen molar-refractivity contribution in [2.24, 2.45) is 0 Å². The highest BCUT2D eigenvalue weighted by molar-refractivity contribution is 9.10. The molecular formula is C27H26BrNO4. The minimum absolute atomic E-state index is 0.0677. The van der Waals surface area contributed by atoms with Crippen LogP contribution in [0, 0.1) is 6.92 Å². The Labute approximate surface area is 201 Å². The minimum atomic E-state index is -1.21. The van der Waals surface area contributed by atoms with Gasteiger partial charge in [-0.2, -0.15) is 0 Å². The smallest absolute Gasteiger partial charge is 0.450 e. The fourth-order valence-corrected chi connectivity index (χ4v) is 6.02. The molecule has 3 aromatic rings. The number of rotatable bonds is 4. The molecule has 0 aliphatic heterocycles. The highest BCUT2D eigenvalue weighted by Gasteiger charge is 2.51. The molecule has 0 unspecified atom stereocenters. The van der Waals surface area contributed by atoms with Crippen LogP contribution in [0.25, 0.3) is 21.9 Å². The van der Waals surface area contributed by atoms with Crippen molar-refractivity contribution in [2.45, 2.75) is 56.6 Å². The van der Waals surface area contributed by atoms with Crippen molar-refractivity contribution >= 4 is 38.8 Å². The molecule has 0 saturated heterocycles. The summed E-state index contributed by atoms with van der Waals surface area (Å²) < 4.78 is 6.18. The summed E-state index contributed by atoms with van der Waals surface area (Å²) in [4.78, 5) is 25.0. The number of carbonyl (C=O) groups excluding carboxylic acids is 1. The maximum atomic E-state index is 13.8. The third-order valence-corrected chi connectivity index (χ3v) is 8.03. The molecule has 0 atom stereocenters. The summed E-state index contributed by atoms with van der Waals surface area (Å²) in [6.07, 6.45) is 2.92. The van der Waals surface area contributed by atoms with Gasteiger partial charge in [-0.3, -0.25) is 4.79 Å². The lowest BCUT2D eigenvalue weighted by Crippen LogP contribution is -2.59. The Kier molecular flexibility index (Phi) is 5.44.